The molecular formula is C16H11ClN2S2. The molecule has 0 aliphatic carbocycles. The molecule has 21 heavy (non-hydrogen) atoms. The predicted octanol–water partition coefficient (Wildman–Crippen LogP) is 5.05. The first-order valence-corrected chi connectivity index (χ1v) is 8.45. The van der Waals surface area contributed by atoms with Crippen LogP contribution in [0.3, 0.4) is 0 Å². The minimum atomic E-state index is 0.574. The van der Waals surface area contributed by atoms with E-state index in [1.54, 1.807) is 17.5 Å². The highest BCUT2D eigenvalue weighted by Crippen LogP contribution is 2.38. The monoisotopic (exact) mass is 330 g/mol. The van der Waals surface area contributed by atoms with E-state index in [9.17, 15) is 0 Å². The second kappa shape index (κ2) is 6.07. The quantitative estimate of drug-likeness (QED) is 0.382. The molecule has 2 heterocycles. The van der Waals surface area contributed by atoms with Crippen LogP contribution in [-0.2, 0) is 0 Å². The highest BCUT2D eigenvalue weighted by molar-refractivity contribution is 7.99. The highest BCUT2D eigenvalue weighted by Gasteiger charge is 2.12. The van der Waals surface area contributed by atoms with Crippen LogP contribution in [0.5, 0.6) is 0 Å². The SMILES string of the molecule is C#CCSc1nccc(-c2sc3ccc(Cl)cc3c2C)n1. The Labute approximate surface area is 136 Å². The number of hydrogen-bond acceptors (Lipinski definition) is 4. The van der Waals surface area contributed by atoms with E-state index in [1.165, 1.54) is 27.4 Å². The van der Waals surface area contributed by atoms with Gasteiger partial charge in [0.25, 0.3) is 0 Å². The Morgan fingerprint density at radius 1 is 1.38 bits per heavy atom. The maximum Gasteiger partial charge on any atom is 0.189 e. The van der Waals surface area contributed by atoms with E-state index in [-0.39, 0.29) is 0 Å². The lowest BCUT2D eigenvalue weighted by Crippen LogP contribution is -1.89. The number of thiophene rings is 1. The van der Waals surface area contributed by atoms with Gasteiger partial charge in [-0.1, -0.05) is 29.3 Å². The lowest BCUT2D eigenvalue weighted by molar-refractivity contribution is 0.976. The van der Waals surface area contributed by atoms with Crippen LogP contribution >= 0.6 is 34.7 Å². The van der Waals surface area contributed by atoms with Gasteiger partial charge in [-0.05, 0) is 42.1 Å². The van der Waals surface area contributed by atoms with Gasteiger partial charge in [-0.2, -0.15) is 0 Å². The van der Waals surface area contributed by atoms with Gasteiger partial charge in [-0.15, -0.1) is 17.8 Å². The zero-order chi connectivity index (χ0) is 14.8. The Kier molecular flexibility index (Phi) is 4.16. The zero-order valence-electron chi connectivity index (χ0n) is 11.3. The molecule has 2 nitrogen and oxygen atoms in total. The fraction of sp³-hybridized carbons (Fsp3) is 0.125. The van der Waals surface area contributed by atoms with Crippen molar-refractivity contribution in [2.45, 2.75) is 12.1 Å². The maximum atomic E-state index is 6.09. The summed E-state index contributed by atoms with van der Waals surface area (Å²) in [4.78, 5) is 9.98. The van der Waals surface area contributed by atoms with Crippen molar-refractivity contribution in [3.05, 3.63) is 41.0 Å². The van der Waals surface area contributed by atoms with E-state index in [2.05, 4.69) is 22.8 Å². The van der Waals surface area contributed by atoms with E-state index in [0.717, 1.165) is 15.6 Å². The van der Waals surface area contributed by atoms with Gasteiger partial charge in [0, 0.05) is 15.9 Å². The Morgan fingerprint density at radius 2 is 2.24 bits per heavy atom. The van der Waals surface area contributed by atoms with Gasteiger partial charge in [0.1, 0.15) is 0 Å². The molecule has 0 N–H and O–H groups in total. The van der Waals surface area contributed by atoms with Crippen LogP contribution in [0.1, 0.15) is 5.56 Å². The van der Waals surface area contributed by atoms with Gasteiger partial charge < -0.3 is 0 Å². The minimum Gasteiger partial charge on any atom is -0.231 e. The summed E-state index contributed by atoms with van der Waals surface area (Å²) in [6.07, 6.45) is 7.05. The van der Waals surface area contributed by atoms with Gasteiger partial charge in [-0.25, -0.2) is 9.97 Å². The van der Waals surface area contributed by atoms with E-state index in [4.69, 9.17) is 18.0 Å². The Bertz CT molecular complexity index is 849. The highest BCUT2D eigenvalue weighted by atomic mass is 35.5. The second-order valence-electron chi connectivity index (χ2n) is 4.41. The molecule has 3 rings (SSSR count). The molecule has 0 spiro atoms. The van der Waals surface area contributed by atoms with E-state index in [0.29, 0.717) is 10.9 Å². The number of nitrogens with zero attached hydrogens (tertiary/aromatic N) is 2. The van der Waals surface area contributed by atoms with Crippen molar-refractivity contribution < 1.29 is 0 Å². The van der Waals surface area contributed by atoms with Crippen molar-refractivity contribution in [3.63, 3.8) is 0 Å². The summed E-state index contributed by atoms with van der Waals surface area (Å²) in [6.45, 7) is 2.10. The van der Waals surface area contributed by atoms with Crippen LogP contribution in [0.2, 0.25) is 5.02 Å². The van der Waals surface area contributed by atoms with Crippen molar-refractivity contribution in [1.29, 1.82) is 0 Å². The van der Waals surface area contributed by atoms with Gasteiger partial charge in [0.15, 0.2) is 5.16 Å². The average Bonchev–Trinajstić information content (AvgIpc) is 2.82. The van der Waals surface area contributed by atoms with Crippen molar-refractivity contribution in [2.75, 3.05) is 5.75 Å². The smallest absolute Gasteiger partial charge is 0.189 e. The Hall–Kier alpha value is -1.54. The largest absolute Gasteiger partial charge is 0.231 e. The standard InChI is InChI=1S/C16H11ClN2S2/c1-3-8-20-16-18-7-6-13(19-16)15-10(2)12-9-11(17)4-5-14(12)21-15/h1,4-7,9H,8H2,2H3. The van der Waals surface area contributed by atoms with Gasteiger partial charge in [-0.3, -0.25) is 0 Å². The summed E-state index contributed by atoms with van der Waals surface area (Å²) in [6, 6.07) is 7.90. The number of hydrogen-bond donors (Lipinski definition) is 0. The predicted molar refractivity (Wildman–Crippen MR) is 92.2 cm³/mol. The first kappa shape index (κ1) is 14.4. The third kappa shape index (κ3) is 2.91. The molecule has 0 unspecified atom stereocenters. The van der Waals surface area contributed by atoms with Crippen molar-refractivity contribution in [3.8, 4) is 22.9 Å². The molecule has 0 saturated carbocycles. The van der Waals surface area contributed by atoms with Crippen molar-refractivity contribution in [2.24, 2.45) is 0 Å². The molecule has 3 aromatic rings. The molecule has 0 atom stereocenters. The molecule has 1 aromatic carbocycles. The van der Waals surface area contributed by atoms with E-state index < -0.39 is 0 Å². The molecule has 0 aliphatic rings. The molecule has 0 amide bonds. The minimum absolute atomic E-state index is 0.574. The summed E-state index contributed by atoms with van der Waals surface area (Å²) in [5.74, 6) is 3.16. The molecule has 0 bridgehead atoms. The number of aromatic nitrogens is 2. The summed E-state index contributed by atoms with van der Waals surface area (Å²) >= 11 is 9.27. The van der Waals surface area contributed by atoms with Crippen LogP contribution in [-0.4, -0.2) is 15.7 Å². The van der Waals surface area contributed by atoms with Gasteiger partial charge in [0.05, 0.1) is 16.3 Å². The van der Waals surface area contributed by atoms with Gasteiger partial charge in [0.2, 0.25) is 0 Å². The third-order valence-electron chi connectivity index (χ3n) is 3.05. The Morgan fingerprint density at radius 3 is 3.05 bits per heavy atom. The molecular weight excluding hydrogens is 320 g/mol. The van der Waals surface area contributed by atoms with Gasteiger partial charge >= 0.3 is 0 Å². The van der Waals surface area contributed by atoms with E-state index >= 15 is 0 Å². The number of terminal acetylenes is 1. The van der Waals surface area contributed by atoms with Crippen molar-refractivity contribution in [1.82, 2.24) is 9.97 Å². The summed E-state index contributed by atoms with van der Waals surface area (Å²) in [5.41, 5.74) is 2.13. The number of fused-ring (bicyclic) bond motifs is 1. The van der Waals surface area contributed by atoms with Crippen LogP contribution in [0.4, 0.5) is 0 Å². The van der Waals surface area contributed by atoms with Crippen LogP contribution in [0.25, 0.3) is 20.7 Å². The molecule has 5 heteroatoms. The molecule has 104 valence electrons. The van der Waals surface area contributed by atoms with Crippen LogP contribution in [0.15, 0.2) is 35.6 Å². The fourth-order valence-corrected chi connectivity index (χ4v) is 3.92. The van der Waals surface area contributed by atoms with Crippen LogP contribution < -0.4 is 0 Å². The van der Waals surface area contributed by atoms with E-state index in [1.807, 2.05) is 24.3 Å². The second-order valence-corrected chi connectivity index (χ2v) is 6.85. The topological polar surface area (TPSA) is 25.8 Å². The first-order chi connectivity index (χ1) is 10.2. The third-order valence-corrected chi connectivity index (χ3v) is 5.35. The summed E-state index contributed by atoms with van der Waals surface area (Å²) < 4.78 is 1.21. The van der Waals surface area contributed by atoms with Crippen molar-refractivity contribution >= 4 is 44.8 Å². The first-order valence-electron chi connectivity index (χ1n) is 6.27. The number of aryl methyl sites for hydroxylation is 1. The normalized spacial score (nSPS) is 10.7. The fourth-order valence-electron chi connectivity index (χ4n) is 2.08. The molecule has 0 aliphatic heterocycles. The number of benzene rings is 1. The average molecular weight is 331 g/mol. The number of thioether (sulfide) groups is 1. The molecule has 0 fully saturated rings. The maximum absolute atomic E-state index is 6.09. The Balaban J connectivity index is 2.08. The summed E-state index contributed by atoms with van der Waals surface area (Å²) in [5, 5.41) is 2.64. The zero-order valence-corrected chi connectivity index (χ0v) is 13.6. The lowest BCUT2D eigenvalue weighted by atomic mass is 10.1. The molecule has 0 radical (unpaired) electrons. The summed E-state index contributed by atoms with van der Waals surface area (Å²) in [7, 11) is 0. The van der Waals surface area contributed by atoms with Crippen LogP contribution in [0, 0.1) is 19.3 Å². The number of rotatable bonds is 3. The molecule has 2 aromatic heterocycles. The molecule has 0 saturated heterocycles. The number of halogens is 1. The lowest BCUT2D eigenvalue weighted by Gasteiger charge is -2.01.